The molecule has 0 bridgehead atoms. The predicted octanol–water partition coefficient (Wildman–Crippen LogP) is 1.60. The average molecular weight is 235 g/mol. The zero-order chi connectivity index (χ0) is 12.6. The van der Waals surface area contributed by atoms with Gasteiger partial charge in [-0.1, -0.05) is 0 Å². The van der Waals surface area contributed by atoms with Gasteiger partial charge in [0.25, 0.3) is 0 Å². The minimum absolute atomic E-state index is 0.0599. The van der Waals surface area contributed by atoms with Crippen LogP contribution in [0.15, 0.2) is 24.4 Å². The van der Waals surface area contributed by atoms with Crippen LogP contribution >= 0.6 is 0 Å². The Morgan fingerprint density at radius 1 is 1.53 bits per heavy atom. The molecule has 88 valence electrons. The van der Waals surface area contributed by atoms with Crippen molar-refractivity contribution >= 4 is 11.7 Å². The lowest BCUT2D eigenvalue weighted by Crippen LogP contribution is -2.07. The van der Waals surface area contributed by atoms with Gasteiger partial charge in [0, 0.05) is 11.9 Å². The Balaban J connectivity index is 2.62. The van der Waals surface area contributed by atoms with Crippen LogP contribution in [-0.4, -0.2) is 20.9 Å². The quantitative estimate of drug-likeness (QED) is 0.774. The van der Waals surface area contributed by atoms with Gasteiger partial charge in [-0.25, -0.2) is 13.9 Å². The van der Waals surface area contributed by atoms with E-state index in [4.69, 9.17) is 10.8 Å². The van der Waals surface area contributed by atoms with Gasteiger partial charge >= 0.3 is 5.97 Å². The second kappa shape index (κ2) is 3.89. The fourth-order valence-corrected chi connectivity index (χ4v) is 1.49. The average Bonchev–Trinajstić information content (AvgIpc) is 2.64. The lowest BCUT2D eigenvalue weighted by Gasteiger charge is -2.07. The first-order chi connectivity index (χ1) is 7.99. The van der Waals surface area contributed by atoms with Gasteiger partial charge in [-0.05, 0) is 25.1 Å². The van der Waals surface area contributed by atoms with Crippen molar-refractivity contribution in [1.82, 2.24) is 9.78 Å². The molecule has 0 radical (unpaired) electrons. The van der Waals surface area contributed by atoms with E-state index in [9.17, 15) is 9.18 Å². The van der Waals surface area contributed by atoms with Gasteiger partial charge in [-0.15, -0.1) is 0 Å². The summed E-state index contributed by atoms with van der Waals surface area (Å²) >= 11 is 0. The van der Waals surface area contributed by atoms with E-state index in [0.717, 1.165) is 6.07 Å². The van der Waals surface area contributed by atoms with Crippen LogP contribution in [0.2, 0.25) is 0 Å². The second-order valence-electron chi connectivity index (χ2n) is 3.60. The van der Waals surface area contributed by atoms with Crippen LogP contribution in [0.1, 0.15) is 16.1 Å². The third kappa shape index (κ3) is 1.96. The number of rotatable bonds is 2. The Morgan fingerprint density at radius 3 is 2.76 bits per heavy atom. The lowest BCUT2D eigenvalue weighted by molar-refractivity contribution is 0.0698. The molecule has 0 unspecified atom stereocenters. The van der Waals surface area contributed by atoms with E-state index in [2.05, 4.69) is 5.10 Å². The second-order valence-corrected chi connectivity index (χ2v) is 3.60. The standard InChI is InChI=1S/C11H10FN3O2/c1-6-2-3-15(14-6)10-4-7(11(16)17)9(13)5-8(10)12/h2-5H,13H2,1H3,(H,16,17). The van der Waals surface area contributed by atoms with E-state index >= 15 is 0 Å². The van der Waals surface area contributed by atoms with Crippen molar-refractivity contribution in [1.29, 1.82) is 0 Å². The highest BCUT2D eigenvalue weighted by atomic mass is 19.1. The molecule has 0 fully saturated rings. The highest BCUT2D eigenvalue weighted by molar-refractivity contribution is 5.94. The summed E-state index contributed by atoms with van der Waals surface area (Å²) in [6.07, 6.45) is 1.55. The van der Waals surface area contributed by atoms with Gasteiger partial charge in [0.2, 0.25) is 0 Å². The van der Waals surface area contributed by atoms with Crippen molar-refractivity contribution in [3.05, 3.63) is 41.5 Å². The van der Waals surface area contributed by atoms with Gasteiger partial charge < -0.3 is 10.8 Å². The molecule has 0 spiro atoms. The van der Waals surface area contributed by atoms with E-state index in [1.54, 1.807) is 19.2 Å². The summed E-state index contributed by atoms with van der Waals surface area (Å²) in [7, 11) is 0. The molecule has 5 nitrogen and oxygen atoms in total. The summed E-state index contributed by atoms with van der Waals surface area (Å²) in [6, 6.07) is 3.84. The van der Waals surface area contributed by atoms with Crippen molar-refractivity contribution in [2.24, 2.45) is 0 Å². The van der Waals surface area contributed by atoms with Gasteiger partial charge in [0.05, 0.1) is 11.3 Å². The van der Waals surface area contributed by atoms with Crippen LogP contribution in [0, 0.1) is 12.7 Å². The Kier molecular flexibility index (Phi) is 2.55. The number of halogens is 1. The number of nitrogens with zero attached hydrogens (tertiary/aromatic N) is 2. The van der Waals surface area contributed by atoms with Crippen LogP contribution in [0.3, 0.4) is 0 Å². The Morgan fingerprint density at radius 2 is 2.24 bits per heavy atom. The molecule has 0 amide bonds. The lowest BCUT2D eigenvalue weighted by atomic mass is 10.1. The molecule has 0 saturated heterocycles. The maximum absolute atomic E-state index is 13.7. The Bertz CT molecular complexity index is 592. The van der Waals surface area contributed by atoms with Gasteiger partial charge in [-0.3, -0.25) is 0 Å². The molecule has 17 heavy (non-hydrogen) atoms. The molecule has 0 aliphatic heterocycles. The number of benzene rings is 1. The fourth-order valence-electron chi connectivity index (χ4n) is 1.49. The van der Waals surface area contributed by atoms with Crippen molar-refractivity contribution in [3.8, 4) is 5.69 Å². The molecule has 2 aromatic rings. The highest BCUT2D eigenvalue weighted by Gasteiger charge is 2.14. The number of nitrogens with two attached hydrogens (primary N) is 1. The first kappa shape index (κ1) is 11.1. The van der Waals surface area contributed by atoms with Gasteiger partial charge in [0.15, 0.2) is 5.82 Å². The first-order valence-corrected chi connectivity index (χ1v) is 4.84. The van der Waals surface area contributed by atoms with Crippen LogP contribution < -0.4 is 5.73 Å². The van der Waals surface area contributed by atoms with Crippen molar-refractivity contribution in [2.45, 2.75) is 6.92 Å². The van der Waals surface area contributed by atoms with Crippen molar-refractivity contribution in [2.75, 3.05) is 5.73 Å². The predicted molar refractivity (Wildman–Crippen MR) is 59.6 cm³/mol. The number of anilines is 1. The molecule has 1 heterocycles. The van der Waals surface area contributed by atoms with Gasteiger partial charge in [-0.2, -0.15) is 5.10 Å². The monoisotopic (exact) mass is 235 g/mol. The third-order valence-corrected chi connectivity index (χ3v) is 2.32. The number of carbonyl (C=O) groups is 1. The third-order valence-electron chi connectivity index (χ3n) is 2.32. The number of hydrogen-bond acceptors (Lipinski definition) is 3. The molecular formula is C11H10FN3O2. The Labute approximate surface area is 96.3 Å². The number of nitrogen functional groups attached to an aromatic ring is 1. The minimum Gasteiger partial charge on any atom is -0.478 e. The summed E-state index contributed by atoms with van der Waals surface area (Å²) in [6.45, 7) is 1.75. The number of aromatic carboxylic acids is 1. The molecule has 0 aliphatic rings. The van der Waals surface area contributed by atoms with Crippen molar-refractivity contribution < 1.29 is 14.3 Å². The molecule has 3 N–H and O–H groups in total. The topological polar surface area (TPSA) is 81.1 Å². The van der Waals surface area contributed by atoms with Crippen molar-refractivity contribution in [3.63, 3.8) is 0 Å². The summed E-state index contributed by atoms with van der Waals surface area (Å²) in [5.41, 5.74) is 5.94. The maximum Gasteiger partial charge on any atom is 0.337 e. The van der Waals surface area contributed by atoms with Crippen LogP contribution in [0.5, 0.6) is 0 Å². The summed E-state index contributed by atoms with van der Waals surface area (Å²) in [4.78, 5) is 10.9. The smallest absolute Gasteiger partial charge is 0.337 e. The molecule has 2 rings (SSSR count). The molecule has 6 heteroatoms. The SMILES string of the molecule is Cc1ccn(-c2cc(C(=O)O)c(N)cc2F)n1. The number of carboxylic acid groups (broad SMARTS) is 1. The van der Waals surface area contributed by atoms with E-state index < -0.39 is 11.8 Å². The highest BCUT2D eigenvalue weighted by Crippen LogP contribution is 2.21. The van der Waals surface area contributed by atoms with Crippen LogP contribution in [-0.2, 0) is 0 Å². The largest absolute Gasteiger partial charge is 0.478 e. The molecule has 0 aliphatic carbocycles. The van der Waals surface area contributed by atoms with E-state index in [-0.39, 0.29) is 16.9 Å². The molecule has 1 aromatic heterocycles. The molecule has 1 aromatic carbocycles. The van der Waals surface area contributed by atoms with E-state index in [1.165, 1.54) is 10.7 Å². The summed E-state index contributed by atoms with van der Waals surface area (Å²) < 4.78 is 14.9. The minimum atomic E-state index is -1.20. The molecule has 0 saturated carbocycles. The van der Waals surface area contributed by atoms with Crippen LogP contribution in [0.4, 0.5) is 10.1 Å². The van der Waals surface area contributed by atoms with Gasteiger partial charge in [0.1, 0.15) is 5.69 Å². The van der Waals surface area contributed by atoms with E-state index in [1.807, 2.05) is 0 Å². The number of hydrogen-bond donors (Lipinski definition) is 2. The number of carboxylic acids is 1. The fraction of sp³-hybridized carbons (Fsp3) is 0.0909. The van der Waals surface area contributed by atoms with E-state index in [0.29, 0.717) is 5.69 Å². The first-order valence-electron chi connectivity index (χ1n) is 4.84. The summed E-state index contributed by atoms with van der Waals surface area (Å²) in [5, 5.41) is 12.9. The normalized spacial score (nSPS) is 10.5. The molecular weight excluding hydrogens is 225 g/mol. The van der Waals surface area contributed by atoms with Crippen LogP contribution in [0.25, 0.3) is 5.69 Å². The summed E-state index contributed by atoms with van der Waals surface area (Å²) in [5.74, 6) is -1.82. The maximum atomic E-state index is 13.7. The Hall–Kier alpha value is -2.37. The zero-order valence-electron chi connectivity index (χ0n) is 9.01. The number of aromatic nitrogens is 2. The zero-order valence-corrected chi connectivity index (χ0v) is 9.01. The number of aryl methyl sites for hydroxylation is 1. The molecule has 0 atom stereocenters.